The molecule has 0 saturated carbocycles. The van der Waals surface area contributed by atoms with Gasteiger partial charge in [0.25, 0.3) is 0 Å². The van der Waals surface area contributed by atoms with Crippen LogP contribution < -0.4 is 0 Å². The van der Waals surface area contributed by atoms with Crippen LogP contribution in [0.4, 0.5) is 13.2 Å². The van der Waals surface area contributed by atoms with Gasteiger partial charge in [-0.2, -0.15) is 34.3 Å². The molecule has 1 unspecified atom stereocenters. The predicted octanol–water partition coefficient (Wildman–Crippen LogP) is 2.59. The van der Waals surface area contributed by atoms with E-state index < -0.39 is 26.8 Å². The number of hydrogen-bond donors (Lipinski definition) is 0. The van der Waals surface area contributed by atoms with Crippen molar-refractivity contribution >= 4 is 21.8 Å². The summed E-state index contributed by atoms with van der Waals surface area (Å²) in [6.07, 6.45) is -3.99. The molecule has 1 atom stereocenters. The van der Waals surface area contributed by atoms with E-state index in [0.29, 0.717) is 16.2 Å². The fourth-order valence-electron chi connectivity index (χ4n) is 2.61. The molecule has 0 amide bonds. The van der Waals surface area contributed by atoms with Gasteiger partial charge in [-0.3, -0.25) is 4.68 Å². The summed E-state index contributed by atoms with van der Waals surface area (Å²) >= 11 is 1.61. The van der Waals surface area contributed by atoms with Crippen molar-refractivity contribution in [2.75, 3.05) is 18.1 Å². The minimum absolute atomic E-state index is 0.196. The second-order valence-corrected chi connectivity index (χ2v) is 9.56. The van der Waals surface area contributed by atoms with Crippen molar-refractivity contribution in [2.24, 2.45) is 12.5 Å². The summed E-state index contributed by atoms with van der Waals surface area (Å²) in [5.41, 5.74) is -1.61. The van der Waals surface area contributed by atoms with E-state index in [-0.39, 0.29) is 18.0 Å². The minimum atomic E-state index is -4.78. The maximum atomic E-state index is 13.2. The van der Waals surface area contributed by atoms with Gasteiger partial charge in [0.1, 0.15) is 4.90 Å². The average Bonchev–Trinajstić information content (AvgIpc) is 2.80. The Morgan fingerprint density at radius 1 is 1.30 bits per heavy atom. The average molecular weight is 371 g/mol. The van der Waals surface area contributed by atoms with Crippen molar-refractivity contribution in [2.45, 2.75) is 37.9 Å². The van der Waals surface area contributed by atoms with E-state index in [4.69, 9.17) is 0 Å². The van der Waals surface area contributed by atoms with Crippen LogP contribution in [0.5, 0.6) is 0 Å². The van der Waals surface area contributed by atoms with Gasteiger partial charge in [-0.05, 0) is 5.41 Å². The highest BCUT2D eigenvalue weighted by Crippen LogP contribution is 2.38. The SMILES string of the molecule is Cn1ncc(S(=O)(=O)N2CCSCC2C(C)(C)C)c1C(F)(F)F. The first-order valence-corrected chi connectivity index (χ1v) is 9.65. The van der Waals surface area contributed by atoms with Gasteiger partial charge in [0.15, 0.2) is 5.69 Å². The molecule has 10 heteroatoms. The van der Waals surface area contributed by atoms with E-state index >= 15 is 0 Å². The molecule has 132 valence electrons. The van der Waals surface area contributed by atoms with Gasteiger partial charge < -0.3 is 0 Å². The minimum Gasteiger partial charge on any atom is -0.262 e. The zero-order valence-electron chi connectivity index (χ0n) is 13.4. The first kappa shape index (κ1) is 18.6. The van der Waals surface area contributed by atoms with Gasteiger partial charge in [-0.15, -0.1) is 0 Å². The molecule has 1 aromatic heterocycles. The number of aromatic nitrogens is 2. The van der Waals surface area contributed by atoms with Crippen LogP contribution in [0.25, 0.3) is 0 Å². The van der Waals surface area contributed by atoms with Crippen LogP contribution >= 0.6 is 11.8 Å². The molecule has 23 heavy (non-hydrogen) atoms. The van der Waals surface area contributed by atoms with E-state index in [1.807, 2.05) is 20.8 Å². The Kier molecular flexibility index (Phi) is 4.82. The Morgan fingerprint density at radius 2 is 1.91 bits per heavy atom. The zero-order valence-corrected chi connectivity index (χ0v) is 15.0. The van der Waals surface area contributed by atoms with Gasteiger partial charge in [0, 0.05) is 31.1 Å². The molecule has 1 aliphatic heterocycles. The highest BCUT2D eigenvalue weighted by molar-refractivity contribution is 7.99. The molecule has 0 radical (unpaired) electrons. The highest BCUT2D eigenvalue weighted by atomic mass is 32.2. The lowest BCUT2D eigenvalue weighted by Gasteiger charge is -2.41. The van der Waals surface area contributed by atoms with Crippen molar-refractivity contribution in [1.82, 2.24) is 14.1 Å². The molecule has 2 heterocycles. The molecule has 1 fully saturated rings. The maximum absolute atomic E-state index is 13.2. The number of nitrogens with zero attached hydrogens (tertiary/aromatic N) is 3. The molecule has 0 N–H and O–H groups in total. The second kappa shape index (κ2) is 5.96. The number of aryl methyl sites for hydroxylation is 1. The standard InChI is InChI=1S/C13H20F3N3O2S2/c1-12(2,3)10-8-22-6-5-19(10)23(20,21)9-7-17-18(4)11(9)13(14,15)16/h7,10H,5-6,8H2,1-4H3. The van der Waals surface area contributed by atoms with Crippen molar-refractivity contribution in [1.29, 1.82) is 0 Å². The van der Waals surface area contributed by atoms with Gasteiger partial charge in [-0.1, -0.05) is 20.8 Å². The normalized spacial score (nSPS) is 21.6. The number of hydrogen-bond acceptors (Lipinski definition) is 4. The summed E-state index contributed by atoms with van der Waals surface area (Å²) in [5, 5.41) is 3.52. The molecule has 1 aromatic rings. The van der Waals surface area contributed by atoms with Crippen LogP contribution in [0.1, 0.15) is 26.5 Å². The van der Waals surface area contributed by atoms with E-state index in [1.54, 1.807) is 11.8 Å². The van der Waals surface area contributed by atoms with Crippen molar-refractivity contribution in [3.8, 4) is 0 Å². The van der Waals surface area contributed by atoms with Crippen LogP contribution in [-0.4, -0.2) is 46.6 Å². The van der Waals surface area contributed by atoms with Crippen molar-refractivity contribution in [3.63, 3.8) is 0 Å². The molecule has 0 spiro atoms. The van der Waals surface area contributed by atoms with Crippen molar-refractivity contribution < 1.29 is 21.6 Å². The lowest BCUT2D eigenvalue weighted by molar-refractivity contribution is -0.146. The highest BCUT2D eigenvalue weighted by Gasteiger charge is 2.46. The number of alkyl halides is 3. The molecule has 2 rings (SSSR count). The summed E-state index contributed by atoms with van der Waals surface area (Å²) in [6, 6.07) is -0.368. The zero-order chi connectivity index (χ0) is 17.6. The Balaban J connectivity index is 2.54. The fraction of sp³-hybridized carbons (Fsp3) is 0.769. The van der Waals surface area contributed by atoms with E-state index in [1.165, 1.54) is 4.31 Å². The van der Waals surface area contributed by atoms with Gasteiger partial charge in [-0.25, -0.2) is 8.42 Å². The Morgan fingerprint density at radius 3 is 2.43 bits per heavy atom. The van der Waals surface area contributed by atoms with Gasteiger partial charge in [0.05, 0.1) is 6.20 Å². The lowest BCUT2D eigenvalue weighted by Crippen LogP contribution is -2.52. The number of thioether (sulfide) groups is 1. The Bertz CT molecular complexity index is 678. The molecular weight excluding hydrogens is 351 g/mol. The predicted molar refractivity (Wildman–Crippen MR) is 82.7 cm³/mol. The van der Waals surface area contributed by atoms with E-state index in [0.717, 1.165) is 13.2 Å². The number of rotatable bonds is 2. The first-order chi connectivity index (χ1) is 10.4. The third-order valence-electron chi connectivity index (χ3n) is 3.84. The molecule has 0 aliphatic carbocycles. The summed E-state index contributed by atoms with van der Waals surface area (Å²) < 4.78 is 67.2. The summed E-state index contributed by atoms with van der Waals surface area (Å²) in [4.78, 5) is -0.770. The summed E-state index contributed by atoms with van der Waals surface area (Å²) in [7, 11) is -3.18. The summed E-state index contributed by atoms with van der Waals surface area (Å²) in [5.74, 6) is 1.12. The largest absolute Gasteiger partial charge is 0.434 e. The van der Waals surface area contributed by atoms with Crippen LogP contribution in [-0.2, 0) is 23.2 Å². The molecule has 0 aromatic carbocycles. The van der Waals surface area contributed by atoms with Gasteiger partial charge in [0.2, 0.25) is 10.0 Å². The molecule has 5 nitrogen and oxygen atoms in total. The maximum Gasteiger partial charge on any atom is 0.434 e. The second-order valence-electron chi connectivity index (χ2n) is 6.55. The van der Waals surface area contributed by atoms with Crippen LogP contribution in [0.15, 0.2) is 11.1 Å². The van der Waals surface area contributed by atoms with Crippen LogP contribution in [0, 0.1) is 5.41 Å². The Hall–Kier alpha value is -0.740. The van der Waals surface area contributed by atoms with Crippen LogP contribution in [0.3, 0.4) is 0 Å². The lowest BCUT2D eigenvalue weighted by atomic mass is 9.88. The summed E-state index contributed by atoms with van der Waals surface area (Å²) in [6.45, 7) is 5.86. The first-order valence-electron chi connectivity index (χ1n) is 7.05. The molecule has 1 aliphatic rings. The third-order valence-corrected chi connectivity index (χ3v) is 6.77. The topological polar surface area (TPSA) is 55.2 Å². The number of halogens is 3. The number of sulfonamides is 1. The quantitative estimate of drug-likeness (QED) is 0.802. The van der Waals surface area contributed by atoms with Gasteiger partial charge >= 0.3 is 6.18 Å². The fourth-order valence-corrected chi connectivity index (χ4v) is 6.20. The van der Waals surface area contributed by atoms with E-state index in [2.05, 4.69) is 5.10 Å². The Labute approximate surface area is 138 Å². The molecule has 1 saturated heterocycles. The third kappa shape index (κ3) is 3.53. The van der Waals surface area contributed by atoms with Crippen molar-refractivity contribution in [3.05, 3.63) is 11.9 Å². The molecular formula is C13H20F3N3O2S2. The smallest absolute Gasteiger partial charge is 0.262 e. The monoisotopic (exact) mass is 371 g/mol. The molecule has 0 bridgehead atoms. The van der Waals surface area contributed by atoms with Crippen LogP contribution in [0.2, 0.25) is 0 Å². The van der Waals surface area contributed by atoms with E-state index in [9.17, 15) is 21.6 Å².